The molecule has 160 valence electrons. The molecule has 5 rings (SSSR count). The van der Waals surface area contributed by atoms with Gasteiger partial charge in [-0.2, -0.15) is 5.10 Å². The molecule has 2 aromatic carbocycles. The molecule has 3 heterocycles. The highest BCUT2D eigenvalue weighted by atomic mass is 16.5. The maximum absolute atomic E-state index is 13.1. The van der Waals surface area contributed by atoms with Gasteiger partial charge in [0.2, 0.25) is 0 Å². The van der Waals surface area contributed by atoms with Crippen molar-refractivity contribution < 1.29 is 9.53 Å². The van der Waals surface area contributed by atoms with Crippen LogP contribution in [0.25, 0.3) is 5.69 Å². The number of nitrogens with zero attached hydrogens (tertiary/aromatic N) is 4. The summed E-state index contributed by atoms with van der Waals surface area (Å²) in [6, 6.07) is 18.4. The van der Waals surface area contributed by atoms with Crippen molar-refractivity contribution in [1.29, 1.82) is 0 Å². The van der Waals surface area contributed by atoms with Gasteiger partial charge in [0.05, 0.1) is 12.8 Å². The predicted molar refractivity (Wildman–Crippen MR) is 119 cm³/mol. The van der Waals surface area contributed by atoms with Crippen molar-refractivity contribution in [1.82, 2.24) is 19.6 Å². The molecule has 0 saturated carbocycles. The van der Waals surface area contributed by atoms with Crippen molar-refractivity contribution in [3.05, 3.63) is 78.1 Å². The highest BCUT2D eigenvalue weighted by Gasteiger charge is 2.40. The van der Waals surface area contributed by atoms with Crippen LogP contribution in [0.5, 0.6) is 5.75 Å². The quantitative estimate of drug-likeness (QED) is 0.638. The molecule has 0 N–H and O–H groups in total. The predicted octanol–water partition coefficient (Wildman–Crippen LogP) is 3.62. The van der Waals surface area contributed by atoms with Crippen LogP contribution < -0.4 is 4.74 Å². The van der Waals surface area contributed by atoms with E-state index in [0.29, 0.717) is 12.0 Å². The van der Waals surface area contributed by atoms with E-state index in [1.165, 1.54) is 18.4 Å². The van der Waals surface area contributed by atoms with Crippen LogP contribution in [0.2, 0.25) is 0 Å². The first-order chi connectivity index (χ1) is 15.2. The molecule has 1 amide bonds. The van der Waals surface area contributed by atoms with Crippen LogP contribution in [0, 0.1) is 5.92 Å². The Bertz CT molecular complexity index is 1010. The Balaban J connectivity index is 1.26. The fourth-order valence-electron chi connectivity index (χ4n) is 4.96. The summed E-state index contributed by atoms with van der Waals surface area (Å²) in [5.41, 5.74) is 3.11. The summed E-state index contributed by atoms with van der Waals surface area (Å²) < 4.78 is 7.09. The summed E-state index contributed by atoms with van der Waals surface area (Å²) in [4.78, 5) is 17.7. The lowest BCUT2D eigenvalue weighted by Crippen LogP contribution is -2.44. The van der Waals surface area contributed by atoms with E-state index in [2.05, 4.69) is 34.3 Å². The zero-order valence-electron chi connectivity index (χ0n) is 17.9. The summed E-state index contributed by atoms with van der Waals surface area (Å²) >= 11 is 0. The van der Waals surface area contributed by atoms with Gasteiger partial charge in [-0.3, -0.25) is 9.69 Å². The lowest BCUT2D eigenvalue weighted by Gasteiger charge is -2.36. The van der Waals surface area contributed by atoms with Gasteiger partial charge in [-0.15, -0.1) is 0 Å². The summed E-state index contributed by atoms with van der Waals surface area (Å²) in [6.45, 7) is 3.67. The Morgan fingerprint density at radius 1 is 1.10 bits per heavy atom. The van der Waals surface area contributed by atoms with Crippen LogP contribution in [0.4, 0.5) is 0 Å². The van der Waals surface area contributed by atoms with Gasteiger partial charge >= 0.3 is 0 Å². The molecule has 2 fully saturated rings. The molecule has 3 aromatic rings. The molecule has 2 aliphatic heterocycles. The van der Waals surface area contributed by atoms with Crippen molar-refractivity contribution in [3.63, 3.8) is 0 Å². The van der Waals surface area contributed by atoms with Gasteiger partial charge in [0.1, 0.15) is 5.75 Å². The molecule has 0 bridgehead atoms. The molecule has 0 spiro atoms. The third-order valence-electron chi connectivity index (χ3n) is 6.61. The number of likely N-dealkylation sites (tertiary alicyclic amines) is 2. The van der Waals surface area contributed by atoms with E-state index in [0.717, 1.165) is 43.2 Å². The summed E-state index contributed by atoms with van der Waals surface area (Å²) in [6.07, 6.45) is 6.14. The van der Waals surface area contributed by atoms with Gasteiger partial charge in [0, 0.05) is 43.6 Å². The van der Waals surface area contributed by atoms with Gasteiger partial charge in [-0.25, -0.2) is 4.68 Å². The minimum Gasteiger partial charge on any atom is -0.497 e. The van der Waals surface area contributed by atoms with Gasteiger partial charge in [0.25, 0.3) is 5.91 Å². The van der Waals surface area contributed by atoms with E-state index in [-0.39, 0.29) is 5.91 Å². The first-order valence-corrected chi connectivity index (χ1v) is 11.0. The summed E-state index contributed by atoms with van der Waals surface area (Å²) in [5.74, 6) is 1.45. The number of benzene rings is 2. The topological polar surface area (TPSA) is 50.6 Å². The lowest BCUT2D eigenvalue weighted by molar-refractivity contribution is 0.0774. The van der Waals surface area contributed by atoms with Crippen LogP contribution in [-0.4, -0.2) is 58.3 Å². The van der Waals surface area contributed by atoms with Crippen molar-refractivity contribution in [2.45, 2.75) is 25.4 Å². The van der Waals surface area contributed by atoms with Gasteiger partial charge in [0.15, 0.2) is 0 Å². The molecule has 0 unspecified atom stereocenters. The zero-order valence-corrected chi connectivity index (χ0v) is 17.9. The van der Waals surface area contributed by atoms with E-state index >= 15 is 0 Å². The first-order valence-electron chi connectivity index (χ1n) is 11.0. The Labute approximate surface area is 183 Å². The van der Waals surface area contributed by atoms with Crippen LogP contribution in [-0.2, 0) is 6.54 Å². The Morgan fingerprint density at radius 3 is 2.61 bits per heavy atom. The van der Waals surface area contributed by atoms with E-state index < -0.39 is 0 Å². The number of amides is 1. The monoisotopic (exact) mass is 416 g/mol. The molecular formula is C25H28N4O2. The molecule has 0 radical (unpaired) electrons. The second-order valence-electron chi connectivity index (χ2n) is 8.50. The third-order valence-corrected chi connectivity index (χ3v) is 6.61. The minimum atomic E-state index is 0.126. The van der Waals surface area contributed by atoms with Crippen LogP contribution in [0.15, 0.2) is 67.0 Å². The average Bonchev–Trinajstić information content (AvgIpc) is 3.50. The molecule has 6 heteroatoms. The number of fused-ring (bicyclic) bond motifs is 1. The molecular weight excluding hydrogens is 388 g/mol. The average molecular weight is 417 g/mol. The number of ether oxygens (including phenoxy) is 1. The number of carbonyl (C=O) groups is 1. The van der Waals surface area contributed by atoms with Crippen molar-refractivity contribution in [2.24, 2.45) is 5.92 Å². The smallest absolute Gasteiger partial charge is 0.253 e. The van der Waals surface area contributed by atoms with Crippen LogP contribution >= 0.6 is 0 Å². The van der Waals surface area contributed by atoms with Crippen LogP contribution in [0.3, 0.4) is 0 Å². The summed E-state index contributed by atoms with van der Waals surface area (Å²) in [7, 11) is 1.64. The Morgan fingerprint density at radius 2 is 1.90 bits per heavy atom. The highest BCUT2D eigenvalue weighted by molar-refractivity contribution is 5.94. The van der Waals surface area contributed by atoms with E-state index in [4.69, 9.17) is 4.74 Å². The normalized spacial score (nSPS) is 21.1. The van der Waals surface area contributed by atoms with Gasteiger partial charge < -0.3 is 9.64 Å². The minimum absolute atomic E-state index is 0.126. The number of hydrogen-bond acceptors (Lipinski definition) is 4. The molecule has 2 aliphatic rings. The molecule has 2 saturated heterocycles. The molecule has 2 atom stereocenters. The number of aromatic nitrogens is 2. The van der Waals surface area contributed by atoms with Crippen molar-refractivity contribution >= 4 is 5.91 Å². The second kappa shape index (κ2) is 8.55. The number of rotatable bonds is 5. The number of carbonyl (C=O) groups excluding carboxylic acids is 1. The molecule has 31 heavy (non-hydrogen) atoms. The molecule has 1 aromatic heterocycles. The zero-order chi connectivity index (χ0) is 21.2. The van der Waals surface area contributed by atoms with Crippen molar-refractivity contribution in [2.75, 3.05) is 26.7 Å². The van der Waals surface area contributed by atoms with Crippen LogP contribution in [0.1, 0.15) is 28.8 Å². The van der Waals surface area contributed by atoms with E-state index in [1.807, 2.05) is 46.1 Å². The third kappa shape index (κ3) is 4.08. The molecule has 0 aliphatic carbocycles. The van der Waals surface area contributed by atoms with E-state index in [1.54, 1.807) is 13.3 Å². The highest BCUT2D eigenvalue weighted by Crippen LogP contribution is 2.32. The van der Waals surface area contributed by atoms with Crippen molar-refractivity contribution in [3.8, 4) is 11.4 Å². The maximum Gasteiger partial charge on any atom is 0.253 e. The van der Waals surface area contributed by atoms with Gasteiger partial charge in [-0.1, -0.05) is 12.1 Å². The number of piperidine rings is 1. The first kappa shape index (κ1) is 19.8. The Hall–Kier alpha value is -3.12. The largest absolute Gasteiger partial charge is 0.497 e. The fourth-order valence-corrected chi connectivity index (χ4v) is 4.96. The maximum atomic E-state index is 13.1. The number of methoxy groups -OCH3 is 1. The SMILES string of the molecule is COc1ccc(C(=O)N2C[C@H]3CCCN(Cc4ccc(-n5cccn5)cc4)[C@H]3C2)cc1. The molecule has 6 nitrogen and oxygen atoms in total. The number of hydrogen-bond donors (Lipinski definition) is 0. The Kier molecular flexibility index (Phi) is 5.47. The fraction of sp³-hybridized carbons (Fsp3) is 0.360. The lowest BCUT2D eigenvalue weighted by atomic mass is 9.91. The second-order valence-corrected chi connectivity index (χ2v) is 8.50. The van der Waals surface area contributed by atoms with E-state index in [9.17, 15) is 4.79 Å². The van der Waals surface area contributed by atoms with Gasteiger partial charge in [-0.05, 0) is 73.3 Å². The summed E-state index contributed by atoms with van der Waals surface area (Å²) in [5, 5.41) is 4.30. The standard InChI is InChI=1S/C25H28N4O2/c1-31-23-11-7-20(8-12-23)25(30)28-17-21-4-2-14-27(24(21)18-28)16-19-5-9-22(10-6-19)29-15-3-13-26-29/h3,5-13,15,21,24H,2,4,14,16-18H2,1H3/t21-,24+/m1/s1.